The standard InChI is InChI=1S/C13H27NO2/c1-6-11(5)10-13(7-2,12(15)16)14(8-3)9-4/h11H,6-10H2,1-5H3,(H,15,16). The van der Waals surface area contributed by atoms with E-state index < -0.39 is 11.5 Å². The fourth-order valence-electron chi connectivity index (χ4n) is 2.42. The molecule has 0 radical (unpaired) electrons. The van der Waals surface area contributed by atoms with Crippen LogP contribution in [0.4, 0.5) is 0 Å². The Morgan fingerprint density at radius 1 is 1.25 bits per heavy atom. The fourth-order valence-corrected chi connectivity index (χ4v) is 2.42. The van der Waals surface area contributed by atoms with Crippen molar-refractivity contribution in [3.05, 3.63) is 0 Å². The van der Waals surface area contributed by atoms with Gasteiger partial charge >= 0.3 is 5.97 Å². The fraction of sp³-hybridized carbons (Fsp3) is 0.923. The summed E-state index contributed by atoms with van der Waals surface area (Å²) in [5.41, 5.74) is -0.668. The molecule has 1 N–H and O–H groups in total. The van der Waals surface area contributed by atoms with Gasteiger partial charge in [0, 0.05) is 0 Å². The van der Waals surface area contributed by atoms with Gasteiger partial charge in [-0.25, -0.2) is 0 Å². The number of carboxylic acid groups (broad SMARTS) is 1. The van der Waals surface area contributed by atoms with E-state index in [0.717, 1.165) is 25.9 Å². The Morgan fingerprint density at radius 3 is 2.00 bits per heavy atom. The van der Waals surface area contributed by atoms with E-state index in [1.165, 1.54) is 0 Å². The smallest absolute Gasteiger partial charge is 0.324 e. The van der Waals surface area contributed by atoms with Crippen LogP contribution in [0.2, 0.25) is 0 Å². The molecule has 0 aliphatic heterocycles. The first-order valence-corrected chi connectivity index (χ1v) is 6.46. The zero-order chi connectivity index (χ0) is 12.8. The first-order chi connectivity index (χ1) is 7.48. The summed E-state index contributed by atoms with van der Waals surface area (Å²) in [4.78, 5) is 13.7. The summed E-state index contributed by atoms with van der Waals surface area (Å²) in [6.07, 6.45) is 2.46. The molecule has 0 bridgehead atoms. The summed E-state index contributed by atoms with van der Waals surface area (Å²) < 4.78 is 0. The van der Waals surface area contributed by atoms with Gasteiger partial charge in [-0.1, -0.05) is 41.0 Å². The summed E-state index contributed by atoms with van der Waals surface area (Å²) >= 11 is 0. The highest BCUT2D eigenvalue weighted by atomic mass is 16.4. The molecular formula is C13H27NO2. The third kappa shape index (κ3) is 3.21. The molecule has 2 atom stereocenters. The van der Waals surface area contributed by atoms with E-state index in [-0.39, 0.29) is 0 Å². The highest BCUT2D eigenvalue weighted by Crippen LogP contribution is 2.29. The quantitative estimate of drug-likeness (QED) is 0.695. The second kappa shape index (κ2) is 6.89. The normalized spacial score (nSPS) is 17.1. The molecule has 0 fully saturated rings. The first kappa shape index (κ1) is 15.4. The number of hydrogen-bond donors (Lipinski definition) is 1. The molecule has 0 saturated heterocycles. The second-order valence-corrected chi connectivity index (χ2v) is 4.58. The van der Waals surface area contributed by atoms with Crippen LogP contribution in [0.5, 0.6) is 0 Å². The van der Waals surface area contributed by atoms with E-state index in [0.29, 0.717) is 12.3 Å². The molecule has 0 aromatic carbocycles. The second-order valence-electron chi connectivity index (χ2n) is 4.58. The van der Waals surface area contributed by atoms with Gasteiger partial charge in [0.25, 0.3) is 0 Å². The average molecular weight is 229 g/mol. The first-order valence-electron chi connectivity index (χ1n) is 6.46. The highest BCUT2D eigenvalue weighted by molar-refractivity contribution is 5.78. The van der Waals surface area contributed by atoms with Crippen LogP contribution in [0.1, 0.15) is 53.9 Å². The average Bonchev–Trinajstić information content (AvgIpc) is 2.28. The number of likely N-dealkylation sites (N-methyl/N-ethyl adjacent to an activating group) is 1. The Hall–Kier alpha value is -0.570. The largest absolute Gasteiger partial charge is 0.480 e. The monoisotopic (exact) mass is 229 g/mol. The Balaban J connectivity index is 5.05. The van der Waals surface area contributed by atoms with E-state index in [2.05, 4.69) is 18.7 Å². The van der Waals surface area contributed by atoms with E-state index in [9.17, 15) is 9.90 Å². The summed E-state index contributed by atoms with van der Waals surface area (Å²) in [6, 6.07) is 0. The van der Waals surface area contributed by atoms with Gasteiger partial charge in [-0.3, -0.25) is 9.69 Å². The molecule has 0 aromatic rings. The Labute approximate surface area is 99.8 Å². The third-order valence-electron chi connectivity index (χ3n) is 3.73. The van der Waals surface area contributed by atoms with Crippen molar-refractivity contribution >= 4 is 5.97 Å². The molecule has 0 amide bonds. The van der Waals surface area contributed by atoms with Gasteiger partial charge < -0.3 is 5.11 Å². The topological polar surface area (TPSA) is 40.5 Å². The van der Waals surface area contributed by atoms with Gasteiger partial charge in [0.1, 0.15) is 5.54 Å². The summed E-state index contributed by atoms with van der Waals surface area (Å²) in [7, 11) is 0. The molecular weight excluding hydrogens is 202 g/mol. The lowest BCUT2D eigenvalue weighted by Crippen LogP contribution is -2.55. The number of rotatable bonds is 8. The molecule has 0 rings (SSSR count). The lowest BCUT2D eigenvalue weighted by Gasteiger charge is -2.40. The van der Waals surface area contributed by atoms with Gasteiger partial charge in [-0.15, -0.1) is 0 Å². The number of aliphatic carboxylic acids is 1. The minimum absolute atomic E-state index is 0.455. The molecule has 3 heteroatoms. The molecule has 0 aromatic heterocycles. The molecule has 96 valence electrons. The molecule has 0 aliphatic carbocycles. The van der Waals surface area contributed by atoms with Crippen molar-refractivity contribution in [1.29, 1.82) is 0 Å². The number of hydrogen-bond acceptors (Lipinski definition) is 2. The number of carbonyl (C=O) groups is 1. The number of carboxylic acids is 1. The lowest BCUT2D eigenvalue weighted by atomic mass is 9.83. The summed E-state index contributed by atoms with van der Waals surface area (Å²) in [5, 5.41) is 9.56. The minimum Gasteiger partial charge on any atom is -0.480 e. The van der Waals surface area contributed by atoms with E-state index >= 15 is 0 Å². The Kier molecular flexibility index (Phi) is 6.65. The SMILES string of the molecule is CCC(C)CC(CC)(C(=O)O)N(CC)CC. The van der Waals surface area contributed by atoms with Gasteiger partial charge in [-0.05, 0) is 31.8 Å². The molecule has 2 unspecified atom stereocenters. The maximum Gasteiger partial charge on any atom is 0.324 e. The van der Waals surface area contributed by atoms with Crippen molar-refractivity contribution < 1.29 is 9.90 Å². The molecule has 16 heavy (non-hydrogen) atoms. The zero-order valence-corrected chi connectivity index (χ0v) is 11.4. The van der Waals surface area contributed by atoms with Crippen molar-refractivity contribution in [2.45, 2.75) is 59.4 Å². The van der Waals surface area contributed by atoms with Crippen molar-refractivity contribution in [3.8, 4) is 0 Å². The highest BCUT2D eigenvalue weighted by Gasteiger charge is 2.41. The van der Waals surface area contributed by atoms with E-state index in [1.807, 2.05) is 20.8 Å². The predicted octanol–water partition coefficient (Wildman–Crippen LogP) is 3.00. The van der Waals surface area contributed by atoms with Crippen LogP contribution < -0.4 is 0 Å². The van der Waals surface area contributed by atoms with Crippen LogP contribution in [0, 0.1) is 5.92 Å². The maximum atomic E-state index is 11.6. The van der Waals surface area contributed by atoms with Crippen LogP contribution >= 0.6 is 0 Å². The summed E-state index contributed by atoms with van der Waals surface area (Å²) in [5.74, 6) is -0.212. The minimum atomic E-state index is -0.668. The Bertz CT molecular complexity index is 214. The van der Waals surface area contributed by atoms with Crippen LogP contribution in [0.25, 0.3) is 0 Å². The maximum absolute atomic E-state index is 11.6. The van der Waals surface area contributed by atoms with Crippen LogP contribution in [-0.2, 0) is 4.79 Å². The van der Waals surface area contributed by atoms with Gasteiger partial charge in [0.05, 0.1) is 0 Å². The van der Waals surface area contributed by atoms with Gasteiger partial charge in [0.2, 0.25) is 0 Å². The third-order valence-corrected chi connectivity index (χ3v) is 3.73. The van der Waals surface area contributed by atoms with Crippen molar-refractivity contribution in [2.75, 3.05) is 13.1 Å². The van der Waals surface area contributed by atoms with E-state index in [4.69, 9.17) is 0 Å². The molecule has 0 aliphatic rings. The van der Waals surface area contributed by atoms with Gasteiger partial charge in [0.15, 0.2) is 0 Å². The molecule has 0 spiro atoms. The molecule has 0 heterocycles. The van der Waals surface area contributed by atoms with Crippen molar-refractivity contribution in [1.82, 2.24) is 4.90 Å². The molecule has 0 saturated carbocycles. The van der Waals surface area contributed by atoms with Gasteiger partial charge in [-0.2, -0.15) is 0 Å². The predicted molar refractivity (Wildman–Crippen MR) is 67.7 cm³/mol. The zero-order valence-electron chi connectivity index (χ0n) is 11.4. The molecule has 3 nitrogen and oxygen atoms in total. The van der Waals surface area contributed by atoms with Crippen LogP contribution in [0.3, 0.4) is 0 Å². The Morgan fingerprint density at radius 2 is 1.75 bits per heavy atom. The van der Waals surface area contributed by atoms with Crippen LogP contribution in [-0.4, -0.2) is 34.6 Å². The van der Waals surface area contributed by atoms with E-state index in [1.54, 1.807) is 0 Å². The lowest BCUT2D eigenvalue weighted by molar-refractivity contribution is -0.153. The number of nitrogens with zero attached hydrogens (tertiary/aromatic N) is 1. The van der Waals surface area contributed by atoms with Crippen molar-refractivity contribution in [2.24, 2.45) is 5.92 Å². The summed E-state index contributed by atoms with van der Waals surface area (Å²) in [6.45, 7) is 11.9. The van der Waals surface area contributed by atoms with Crippen LogP contribution in [0.15, 0.2) is 0 Å². The van der Waals surface area contributed by atoms with Crippen molar-refractivity contribution in [3.63, 3.8) is 0 Å².